The van der Waals surface area contributed by atoms with Crippen LogP contribution in [0.3, 0.4) is 0 Å². The summed E-state index contributed by atoms with van der Waals surface area (Å²) in [5, 5.41) is 17.2. The molecule has 4 aromatic rings. The Morgan fingerprint density at radius 3 is 2.42 bits per heavy atom. The lowest BCUT2D eigenvalue weighted by Gasteiger charge is -2.50. The Balaban J connectivity index is 1.03. The number of carbonyl (C=O) groups is 2. The van der Waals surface area contributed by atoms with E-state index >= 15 is 0 Å². The monoisotopic (exact) mass is 755 g/mol. The van der Waals surface area contributed by atoms with E-state index in [0.29, 0.717) is 69.0 Å². The Bertz CT molecular complexity index is 2070. The molecule has 13 nitrogen and oxygen atoms in total. The highest BCUT2D eigenvalue weighted by Crippen LogP contribution is 2.33. The first-order valence-corrected chi connectivity index (χ1v) is 18.8. The van der Waals surface area contributed by atoms with Crippen molar-refractivity contribution in [2.45, 2.75) is 57.7 Å². The molecule has 3 saturated heterocycles. The Hall–Kier alpha value is -5.33. The van der Waals surface area contributed by atoms with Crippen LogP contribution >= 0.6 is 0 Å². The molecule has 0 atom stereocenters. The quantitative estimate of drug-likeness (QED) is 0.251. The summed E-state index contributed by atoms with van der Waals surface area (Å²) in [6, 6.07) is 11.2. The van der Waals surface area contributed by atoms with Crippen molar-refractivity contribution in [2.75, 3.05) is 70.4 Å². The number of anilines is 1. The molecule has 290 valence electrons. The first kappa shape index (κ1) is 38.0. The van der Waals surface area contributed by atoms with Gasteiger partial charge in [0.25, 0.3) is 5.91 Å². The van der Waals surface area contributed by atoms with Crippen molar-refractivity contribution in [3.63, 3.8) is 0 Å². The van der Waals surface area contributed by atoms with E-state index in [9.17, 15) is 23.6 Å². The van der Waals surface area contributed by atoms with E-state index in [1.807, 2.05) is 45.9 Å². The lowest BCUT2D eigenvalue weighted by molar-refractivity contribution is -0.0269. The van der Waals surface area contributed by atoms with Gasteiger partial charge in [0, 0.05) is 82.3 Å². The molecular formula is C40H47F2N9O4. The Labute approximate surface area is 319 Å². The number of amides is 2. The number of hydrogen-bond acceptors (Lipinski definition) is 10. The minimum Gasteiger partial charge on any atom is -0.492 e. The van der Waals surface area contributed by atoms with E-state index in [2.05, 4.69) is 31.2 Å². The van der Waals surface area contributed by atoms with Crippen LogP contribution in [0.15, 0.2) is 55.0 Å². The largest absolute Gasteiger partial charge is 0.492 e. The molecule has 0 spiro atoms. The van der Waals surface area contributed by atoms with Crippen molar-refractivity contribution in [1.29, 1.82) is 5.26 Å². The minimum absolute atomic E-state index is 0.273. The number of ether oxygens (including phenoxy) is 2. The summed E-state index contributed by atoms with van der Waals surface area (Å²) >= 11 is 0. The summed E-state index contributed by atoms with van der Waals surface area (Å²) in [4.78, 5) is 39.4. The van der Waals surface area contributed by atoms with Gasteiger partial charge in [-0.3, -0.25) is 14.6 Å². The maximum absolute atomic E-state index is 14.8. The zero-order valence-corrected chi connectivity index (χ0v) is 31.7. The van der Waals surface area contributed by atoms with Crippen LogP contribution in [-0.2, 0) is 4.74 Å². The molecule has 15 heteroatoms. The molecule has 3 aliphatic rings. The number of nitrogens with one attached hydrogen (secondary N) is 1. The number of fused-ring (bicyclic) bond motifs is 1. The van der Waals surface area contributed by atoms with Gasteiger partial charge in [0.1, 0.15) is 34.9 Å². The first-order chi connectivity index (χ1) is 26.3. The normalized spacial score (nSPS) is 18.1. The van der Waals surface area contributed by atoms with Crippen molar-refractivity contribution in [2.24, 2.45) is 0 Å². The van der Waals surface area contributed by atoms with Crippen LogP contribution < -0.4 is 15.0 Å². The first-order valence-electron chi connectivity index (χ1n) is 18.8. The summed E-state index contributed by atoms with van der Waals surface area (Å²) in [5.41, 5.74) is 1.16. The van der Waals surface area contributed by atoms with E-state index in [-0.39, 0.29) is 17.7 Å². The summed E-state index contributed by atoms with van der Waals surface area (Å²) in [6.07, 6.45) is 5.90. The zero-order valence-electron chi connectivity index (χ0n) is 31.7. The minimum atomic E-state index is -0.771. The van der Waals surface area contributed by atoms with Crippen molar-refractivity contribution in [1.82, 2.24) is 34.6 Å². The Morgan fingerprint density at radius 2 is 1.76 bits per heavy atom. The van der Waals surface area contributed by atoms with Crippen molar-refractivity contribution in [3.05, 3.63) is 77.8 Å². The molecule has 3 aliphatic heterocycles. The van der Waals surface area contributed by atoms with Gasteiger partial charge >= 0.3 is 6.09 Å². The Morgan fingerprint density at radius 1 is 1.02 bits per heavy atom. The van der Waals surface area contributed by atoms with E-state index in [4.69, 9.17) is 14.5 Å². The predicted molar refractivity (Wildman–Crippen MR) is 202 cm³/mol. The molecule has 0 bridgehead atoms. The Kier molecular flexibility index (Phi) is 10.6. The summed E-state index contributed by atoms with van der Waals surface area (Å²) in [6.45, 7) is 14.1. The van der Waals surface area contributed by atoms with Gasteiger partial charge in [0.2, 0.25) is 0 Å². The van der Waals surface area contributed by atoms with E-state index in [1.54, 1.807) is 21.8 Å². The third-order valence-electron chi connectivity index (χ3n) is 10.6. The predicted octanol–water partition coefficient (Wildman–Crippen LogP) is 4.95. The standard InChI is InChI=1S/C40H47F2N9O4/c1-5-54-31-19-32(36-28(20-43)22-45-51(36)25-31)27-6-9-35(44-21-27)49-12-10-40(11-13-49,46-37(52)33-18-29(41)7-8-34(33)42)26-47-14-16-48(17-15-47)30-23-50(24-30)38(53)55-39(2,3)4/h6-9,18-19,21-22,25,30H,5,10-17,23-24,26H2,1-4H3,(H,46,52). The second-order valence-electron chi connectivity index (χ2n) is 15.6. The fourth-order valence-electron chi connectivity index (χ4n) is 7.72. The van der Waals surface area contributed by atoms with Crippen molar-refractivity contribution < 1.29 is 27.8 Å². The number of hydrogen-bond donors (Lipinski definition) is 1. The molecule has 0 radical (unpaired) electrons. The van der Waals surface area contributed by atoms with E-state index < -0.39 is 28.7 Å². The van der Waals surface area contributed by atoms with Gasteiger partial charge in [-0.15, -0.1) is 0 Å². The lowest BCUT2D eigenvalue weighted by atomic mass is 9.85. The van der Waals surface area contributed by atoms with Gasteiger partial charge < -0.3 is 24.6 Å². The van der Waals surface area contributed by atoms with Crippen LogP contribution in [0.1, 0.15) is 56.5 Å². The molecule has 1 aromatic carbocycles. The number of aromatic nitrogens is 3. The van der Waals surface area contributed by atoms with Crippen LogP contribution in [0.2, 0.25) is 0 Å². The molecule has 7 rings (SSSR count). The van der Waals surface area contributed by atoms with Crippen molar-refractivity contribution >= 4 is 23.3 Å². The third-order valence-corrected chi connectivity index (χ3v) is 10.6. The number of likely N-dealkylation sites (tertiary alicyclic amines) is 1. The topological polar surface area (TPSA) is 132 Å². The third kappa shape index (κ3) is 8.35. The van der Waals surface area contributed by atoms with Gasteiger partial charge in [-0.25, -0.2) is 23.1 Å². The van der Waals surface area contributed by atoms with Gasteiger partial charge in [-0.2, -0.15) is 10.4 Å². The number of benzene rings is 1. The number of nitrogens with zero attached hydrogens (tertiary/aromatic N) is 8. The number of pyridine rings is 2. The molecular weight excluding hydrogens is 708 g/mol. The SMILES string of the molecule is CCOc1cc(-c2ccc(N3CCC(CN4CCN(C5CN(C(=O)OC(C)(C)C)C5)CC4)(NC(=O)c4cc(F)ccc4F)CC3)nc2)c2c(C#N)cnn2c1. The molecule has 2 amide bonds. The number of rotatable bonds is 9. The van der Waals surface area contributed by atoms with Gasteiger partial charge in [-0.05, 0) is 76.9 Å². The van der Waals surface area contributed by atoms with E-state index in [0.717, 1.165) is 61.3 Å². The number of piperidine rings is 1. The van der Waals surface area contributed by atoms with Gasteiger partial charge in [0.05, 0.1) is 41.2 Å². The number of carbonyl (C=O) groups excluding carboxylic acids is 2. The van der Waals surface area contributed by atoms with Gasteiger partial charge in [-0.1, -0.05) is 0 Å². The number of halogens is 2. The summed E-state index contributed by atoms with van der Waals surface area (Å²) in [5.74, 6) is -0.693. The molecule has 3 aromatic heterocycles. The number of nitriles is 1. The molecule has 6 heterocycles. The molecule has 3 fully saturated rings. The molecule has 55 heavy (non-hydrogen) atoms. The average molecular weight is 756 g/mol. The fourth-order valence-corrected chi connectivity index (χ4v) is 7.72. The van der Waals surface area contributed by atoms with Crippen LogP contribution in [0.25, 0.3) is 16.6 Å². The summed E-state index contributed by atoms with van der Waals surface area (Å²) in [7, 11) is 0. The fraction of sp³-hybridized carbons (Fsp3) is 0.475. The van der Waals surface area contributed by atoms with Crippen LogP contribution in [0.4, 0.5) is 19.4 Å². The van der Waals surface area contributed by atoms with Crippen LogP contribution in [-0.4, -0.2) is 124 Å². The van der Waals surface area contributed by atoms with Crippen molar-refractivity contribution in [3.8, 4) is 22.9 Å². The smallest absolute Gasteiger partial charge is 0.410 e. The maximum Gasteiger partial charge on any atom is 0.410 e. The van der Waals surface area contributed by atoms with E-state index in [1.165, 1.54) is 6.20 Å². The average Bonchev–Trinajstić information content (AvgIpc) is 3.55. The zero-order chi connectivity index (χ0) is 38.9. The molecule has 1 N–H and O–H groups in total. The van der Waals surface area contributed by atoms with Gasteiger partial charge in [0.15, 0.2) is 0 Å². The lowest BCUT2D eigenvalue weighted by Crippen LogP contribution is -2.66. The van der Waals surface area contributed by atoms with Crippen LogP contribution in [0.5, 0.6) is 5.75 Å². The molecule has 0 unspecified atom stereocenters. The van der Waals surface area contributed by atoms with Crippen LogP contribution in [0, 0.1) is 23.0 Å². The summed E-state index contributed by atoms with van der Waals surface area (Å²) < 4.78 is 41.8. The highest BCUT2D eigenvalue weighted by Gasteiger charge is 2.41. The maximum atomic E-state index is 14.8. The highest BCUT2D eigenvalue weighted by atomic mass is 19.1. The second-order valence-corrected chi connectivity index (χ2v) is 15.6. The number of piperazine rings is 1. The second kappa shape index (κ2) is 15.4. The highest BCUT2D eigenvalue weighted by molar-refractivity contribution is 5.95. The molecule has 0 saturated carbocycles. The molecule has 0 aliphatic carbocycles.